The summed E-state index contributed by atoms with van der Waals surface area (Å²) in [5, 5.41) is 3.52. The molecule has 0 radical (unpaired) electrons. The standard InChI is InChI=1S/C22H37N5O/c1-4-23-21(24-19-22(25(2)3)10-16-28-17-11-22)27-14-12-26(13-15-27)18-20-8-6-5-7-9-20/h5-9H,4,10-19H2,1-3H3,(H,23,24). The van der Waals surface area contributed by atoms with Crippen LogP contribution in [0.15, 0.2) is 35.3 Å². The van der Waals surface area contributed by atoms with Crippen molar-refractivity contribution in [3.63, 3.8) is 0 Å². The minimum absolute atomic E-state index is 0.119. The van der Waals surface area contributed by atoms with E-state index in [1.165, 1.54) is 5.56 Å². The van der Waals surface area contributed by atoms with E-state index in [0.717, 1.165) is 77.8 Å². The molecule has 2 aliphatic heterocycles. The van der Waals surface area contributed by atoms with Crippen molar-refractivity contribution in [2.75, 3.05) is 66.6 Å². The van der Waals surface area contributed by atoms with Gasteiger partial charge in [0.25, 0.3) is 0 Å². The van der Waals surface area contributed by atoms with Gasteiger partial charge in [-0.25, -0.2) is 0 Å². The third-order valence-electron chi connectivity index (χ3n) is 6.15. The topological polar surface area (TPSA) is 43.3 Å². The molecule has 0 amide bonds. The largest absolute Gasteiger partial charge is 0.381 e. The van der Waals surface area contributed by atoms with Crippen molar-refractivity contribution in [2.45, 2.75) is 31.8 Å². The van der Waals surface area contributed by atoms with Gasteiger partial charge in [-0.1, -0.05) is 30.3 Å². The fourth-order valence-electron chi connectivity index (χ4n) is 4.11. The molecule has 2 saturated heterocycles. The molecule has 6 heteroatoms. The Morgan fingerprint density at radius 3 is 2.39 bits per heavy atom. The van der Waals surface area contributed by atoms with Crippen LogP contribution in [0, 0.1) is 0 Å². The lowest BCUT2D eigenvalue weighted by Gasteiger charge is -2.42. The number of guanidine groups is 1. The number of piperazine rings is 1. The molecule has 0 atom stereocenters. The lowest BCUT2D eigenvalue weighted by atomic mass is 9.89. The predicted molar refractivity (Wildman–Crippen MR) is 116 cm³/mol. The highest BCUT2D eigenvalue weighted by atomic mass is 16.5. The van der Waals surface area contributed by atoms with Gasteiger partial charge in [-0.2, -0.15) is 0 Å². The van der Waals surface area contributed by atoms with Gasteiger partial charge in [-0.15, -0.1) is 0 Å². The molecule has 0 saturated carbocycles. The maximum absolute atomic E-state index is 5.60. The van der Waals surface area contributed by atoms with Gasteiger partial charge in [0.05, 0.1) is 6.54 Å². The summed E-state index contributed by atoms with van der Waals surface area (Å²) in [4.78, 5) is 12.4. The van der Waals surface area contributed by atoms with E-state index in [2.05, 4.69) is 71.4 Å². The molecule has 0 unspecified atom stereocenters. The lowest BCUT2D eigenvalue weighted by Crippen LogP contribution is -2.54. The Morgan fingerprint density at radius 2 is 1.79 bits per heavy atom. The van der Waals surface area contributed by atoms with Gasteiger partial charge in [0, 0.05) is 58.0 Å². The van der Waals surface area contributed by atoms with Gasteiger partial charge in [-0.3, -0.25) is 9.89 Å². The van der Waals surface area contributed by atoms with E-state index in [9.17, 15) is 0 Å². The van der Waals surface area contributed by atoms with Gasteiger partial charge in [0.15, 0.2) is 5.96 Å². The molecule has 0 bridgehead atoms. The first-order chi connectivity index (χ1) is 13.6. The molecule has 2 heterocycles. The van der Waals surface area contributed by atoms with Crippen LogP contribution in [-0.2, 0) is 11.3 Å². The first-order valence-electron chi connectivity index (χ1n) is 10.7. The third-order valence-corrected chi connectivity index (χ3v) is 6.15. The summed E-state index contributed by atoms with van der Waals surface area (Å²) in [6, 6.07) is 10.8. The molecule has 1 aromatic carbocycles. The highest BCUT2D eigenvalue weighted by molar-refractivity contribution is 5.80. The Labute approximate surface area is 170 Å². The molecule has 0 spiro atoms. The van der Waals surface area contributed by atoms with E-state index in [1.54, 1.807) is 0 Å². The molecule has 1 N–H and O–H groups in total. The zero-order valence-electron chi connectivity index (χ0n) is 17.9. The maximum Gasteiger partial charge on any atom is 0.194 e. The van der Waals surface area contributed by atoms with E-state index in [0.29, 0.717) is 0 Å². The molecular formula is C22H37N5O. The quantitative estimate of drug-likeness (QED) is 0.596. The van der Waals surface area contributed by atoms with E-state index < -0.39 is 0 Å². The molecule has 0 aromatic heterocycles. The van der Waals surface area contributed by atoms with Crippen LogP contribution in [0.3, 0.4) is 0 Å². The highest BCUT2D eigenvalue weighted by Crippen LogP contribution is 2.26. The fraction of sp³-hybridized carbons (Fsp3) is 0.682. The number of aliphatic imine (C=N–C) groups is 1. The van der Waals surface area contributed by atoms with Crippen molar-refractivity contribution in [1.29, 1.82) is 0 Å². The SMILES string of the molecule is CCNC(=NCC1(N(C)C)CCOCC1)N1CCN(Cc2ccccc2)CC1. The average Bonchev–Trinajstić information content (AvgIpc) is 2.73. The second-order valence-electron chi connectivity index (χ2n) is 8.15. The van der Waals surface area contributed by atoms with Crippen LogP contribution < -0.4 is 5.32 Å². The molecule has 156 valence electrons. The zero-order valence-corrected chi connectivity index (χ0v) is 17.9. The molecule has 0 aliphatic carbocycles. The van der Waals surface area contributed by atoms with Gasteiger partial charge in [-0.05, 0) is 39.4 Å². The van der Waals surface area contributed by atoms with Crippen molar-refractivity contribution >= 4 is 5.96 Å². The summed E-state index contributed by atoms with van der Waals surface area (Å²) < 4.78 is 5.60. The molecule has 3 rings (SSSR count). The van der Waals surface area contributed by atoms with Crippen LogP contribution >= 0.6 is 0 Å². The van der Waals surface area contributed by atoms with Crippen LogP contribution in [0.1, 0.15) is 25.3 Å². The molecule has 6 nitrogen and oxygen atoms in total. The fourth-order valence-corrected chi connectivity index (χ4v) is 4.11. The number of hydrogen-bond acceptors (Lipinski definition) is 4. The summed E-state index contributed by atoms with van der Waals surface area (Å²) in [5.41, 5.74) is 1.51. The van der Waals surface area contributed by atoms with E-state index >= 15 is 0 Å². The van der Waals surface area contributed by atoms with Crippen molar-refractivity contribution < 1.29 is 4.74 Å². The van der Waals surface area contributed by atoms with E-state index in [1.807, 2.05) is 0 Å². The summed E-state index contributed by atoms with van der Waals surface area (Å²) in [6.45, 7) is 10.8. The number of rotatable bonds is 6. The predicted octanol–water partition coefficient (Wildman–Crippen LogP) is 1.88. The van der Waals surface area contributed by atoms with Crippen molar-refractivity contribution in [3.8, 4) is 0 Å². The Morgan fingerprint density at radius 1 is 1.11 bits per heavy atom. The van der Waals surface area contributed by atoms with Crippen molar-refractivity contribution in [2.24, 2.45) is 4.99 Å². The van der Waals surface area contributed by atoms with Gasteiger partial charge in [0.1, 0.15) is 0 Å². The summed E-state index contributed by atoms with van der Waals surface area (Å²) >= 11 is 0. The highest BCUT2D eigenvalue weighted by Gasteiger charge is 2.35. The maximum atomic E-state index is 5.60. The van der Waals surface area contributed by atoms with Crippen LogP contribution in [-0.4, -0.2) is 92.8 Å². The number of benzene rings is 1. The Bertz CT molecular complexity index is 605. The second-order valence-corrected chi connectivity index (χ2v) is 8.15. The Kier molecular flexibility index (Phi) is 7.71. The monoisotopic (exact) mass is 387 g/mol. The Hall–Kier alpha value is -1.63. The van der Waals surface area contributed by atoms with Crippen LogP contribution in [0.25, 0.3) is 0 Å². The first kappa shape index (κ1) is 21.1. The average molecular weight is 388 g/mol. The number of hydrogen-bond donors (Lipinski definition) is 1. The second kappa shape index (κ2) is 10.2. The van der Waals surface area contributed by atoms with Gasteiger partial charge < -0.3 is 19.9 Å². The molecule has 28 heavy (non-hydrogen) atoms. The summed E-state index contributed by atoms with van der Waals surface area (Å²) in [7, 11) is 4.35. The van der Waals surface area contributed by atoms with Gasteiger partial charge >= 0.3 is 0 Å². The van der Waals surface area contributed by atoms with E-state index in [-0.39, 0.29) is 5.54 Å². The van der Waals surface area contributed by atoms with Crippen LogP contribution in [0.2, 0.25) is 0 Å². The molecule has 1 aromatic rings. The number of nitrogens with zero attached hydrogens (tertiary/aromatic N) is 4. The number of ether oxygens (including phenoxy) is 1. The normalized spacial score (nSPS) is 21.1. The minimum Gasteiger partial charge on any atom is -0.381 e. The summed E-state index contributed by atoms with van der Waals surface area (Å²) in [6.07, 6.45) is 2.10. The van der Waals surface area contributed by atoms with Crippen LogP contribution in [0.5, 0.6) is 0 Å². The van der Waals surface area contributed by atoms with Crippen LogP contribution in [0.4, 0.5) is 0 Å². The molecular weight excluding hydrogens is 350 g/mol. The Balaban J connectivity index is 1.58. The smallest absolute Gasteiger partial charge is 0.194 e. The minimum atomic E-state index is 0.119. The number of nitrogens with one attached hydrogen (secondary N) is 1. The van der Waals surface area contributed by atoms with Crippen molar-refractivity contribution in [1.82, 2.24) is 20.0 Å². The van der Waals surface area contributed by atoms with E-state index in [4.69, 9.17) is 9.73 Å². The lowest BCUT2D eigenvalue weighted by molar-refractivity contribution is -0.00268. The third kappa shape index (κ3) is 5.46. The summed E-state index contributed by atoms with van der Waals surface area (Å²) in [5.74, 6) is 1.06. The molecule has 2 fully saturated rings. The van der Waals surface area contributed by atoms with Gasteiger partial charge in [0.2, 0.25) is 0 Å². The zero-order chi connectivity index (χ0) is 19.8. The van der Waals surface area contributed by atoms with Crippen molar-refractivity contribution in [3.05, 3.63) is 35.9 Å². The first-order valence-corrected chi connectivity index (χ1v) is 10.7. The number of likely N-dealkylation sites (N-methyl/N-ethyl adjacent to an activating group) is 1. The molecule has 2 aliphatic rings.